The fraction of sp³-hybridized carbons (Fsp3) is 0.600. The molecule has 1 nitrogen and oxygen atoms in total. The molecule has 0 bridgehead atoms. The molecule has 0 radical (unpaired) electrons. The highest BCUT2D eigenvalue weighted by atomic mass is 79.9. The molecule has 0 N–H and O–H groups in total. The summed E-state index contributed by atoms with van der Waals surface area (Å²) >= 11 is 3.63. The summed E-state index contributed by atoms with van der Waals surface area (Å²) in [5, 5.41) is 0. The van der Waals surface area contributed by atoms with Crippen LogP contribution in [0.1, 0.15) is 37.7 Å². The number of nitrogens with zero attached hydrogens (tertiary/aromatic N) is 1. The largest absolute Gasteiger partial charge is 0.370 e. The number of anilines is 1. The Hall–Kier alpha value is -0.500. The molecule has 0 aromatic heterocycles. The topological polar surface area (TPSA) is 3.24 Å². The van der Waals surface area contributed by atoms with Gasteiger partial charge in [-0.25, -0.2) is 0 Å². The second-order valence-electron chi connectivity index (χ2n) is 5.85. The monoisotopic (exact) mass is 293 g/mol. The molecular formula is C15H20BrN. The van der Waals surface area contributed by atoms with Crippen LogP contribution in [0.15, 0.2) is 22.7 Å². The Labute approximate surface area is 112 Å². The lowest BCUT2D eigenvalue weighted by Crippen LogP contribution is -2.57. The molecule has 1 saturated carbocycles. The quantitative estimate of drug-likeness (QED) is 0.735. The van der Waals surface area contributed by atoms with Crippen LogP contribution in [-0.2, 0) is 0 Å². The molecule has 1 heterocycles. The third kappa shape index (κ3) is 2.12. The first kappa shape index (κ1) is 11.6. The maximum Gasteiger partial charge on any atom is 0.0378 e. The molecule has 1 aliphatic carbocycles. The summed E-state index contributed by atoms with van der Waals surface area (Å²) in [7, 11) is 0. The molecule has 0 unspecified atom stereocenters. The van der Waals surface area contributed by atoms with Crippen LogP contribution in [-0.4, -0.2) is 13.1 Å². The number of halogens is 1. The average Bonchev–Trinajstić information content (AvgIpc) is 2.31. The Bertz CT molecular complexity index is 413. The lowest BCUT2D eigenvalue weighted by Gasteiger charge is -2.53. The molecular weight excluding hydrogens is 274 g/mol. The van der Waals surface area contributed by atoms with Gasteiger partial charge < -0.3 is 4.90 Å². The van der Waals surface area contributed by atoms with Crippen molar-refractivity contribution >= 4 is 21.6 Å². The Morgan fingerprint density at radius 3 is 2.47 bits per heavy atom. The summed E-state index contributed by atoms with van der Waals surface area (Å²) in [4.78, 5) is 2.54. The highest BCUT2D eigenvalue weighted by molar-refractivity contribution is 9.10. The molecule has 2 aliphatic rings. The lowest BCUT2D eigenvalue weighted by molar-refractivity contribution is 0.139. The molecule has 0 amide bonds. The Morgan fingerprint density at radius 2 is 1.82 bits per heavy atom. The van der Waals surface area contributed by atoms with Crippen molar-refractivity contribution in [1.82, 2.24) is 0 Å². The Kier molecular flexibility index (Phi) is 2.94. The van der Waals surface area contributed by atoms with Crippen LogP contribution >= 0.6 is 15.9 Å². The zero-order valence-electron chi connectivity index (χ0n) is 10.5. The minimum Gasteiger partial charge on any atom is -0.370 e. The van der Waals surface area contributed by atoms with Gasteiger partial charge in [0.2, 0.25) is 0 Å². The summed E-state index contributed by atoms with van der Waals surface area (Å²) in [5.41, 5.74) is 3.38. The predicted octanol–water partition coefficient (Wildman–Crippen LogP) is 4.53. The van der Waals surface area contributed by atoms with Crippen molar-refractivity contribution in [3.63, 3.8) is 0 Å². The van der Waals surface area contributed by atoms with Crippen LogP contribution in [0.4, 0.5) is 5.69 Å². The van der Waals surface area contributed by atoms with E-state index >= 15 is 0 Å². The molecule has 92 valence electrons. The molecule has 2 fully saturated rings. The number of benzene rings is 1. The normalized spacial score (nSPS) is 22.6. The minimum atomic E-state index is 0.676. The summed E-state index contributed by atoms with van der Waals surface area (Å²) in [6.07, 6.45) is 7.27. The van der Waals surface area contributed by atoms with Crippen molar-refractivity contribution in [2.75, 3.05) is 18.0 Å². The van der Waals surface area contributed by atoms with Crippen LogP contribution in [0.25, 0.3) is 0 Å². The van der Waals surface area contributed by atoms with Gasteiger partial charge in [-0.3, -0.25) is 0 Å². The SMILES string of the molecule is Cc1ccc(N2CC3(CCCCC3)C2)cc1Br. The minimum absolute atomic E-state index is 0.676. The van der Waals surface area contributed by atoms with E-state index in [0.29, 0.717) is 5.41 Å². The third-order valence-electron chi connectivity index (χ3n) is 4.49. The third-order valence-corrected chi connectivity index (χ3v) is 5.34. The van der Waals surface area contributed by atoms with E-state index < -0.39 is 0 Å². The first-order valence-electron chi connectivity index (χ1n) is 6.70. The zero-order chi connectivity index (χ0) is 11.9. The first-order chi connectivity index (χ1) is 8.19. The van der Waals surface area contributed by atoms with Crippen molar-refractivity contribution in [3.05, 3.63) is 28.2 Å². The van der Waals surface area contributed by atoms with Crippen LogP contribution < -0.4 is 4.90 Å². The van der Waals surface area contributed by atoms with E-state index in [9.17, 15) is 0 Å². The summed E-state index contributed by atoms with van der Waals surface area (Å²) in [6, 6.07) is 6.74. The molecule has 2 heteroatoms. The smallest absolute Gasteiger partial charge is 0.0378 e. The van der Waals surface area contributed by atoms with E-state index in [4.69, 9.17) is 0 Å². The van der Waals surface area contributed by atoms with Gasteiger partial charge in [0.25, 0.3) is 0 Å². The molecule has 1 aromatic rings. The van der Waals surface area contributed by atoms with Gasteiger partial charge in [0.05, 0.1) is 0 Å². The van der Waals surface area contributed by atoms with E-state index in [0.717, 1.165) is 0 Å². The van der Waals surface area contributed by atoms with Crippen molar-refractivity contribution in [2.24, 2.45) is 5.41 Å². The Balaban J connectivity index is 1.70. The second-order valence-corrected chi connectivity index (χ2v) is 6.70. The lowest BCUT2D eigenvalue weighted by atomic mass is 9.68. The number of rotatable bonds is 1. The fourth-order valence-corrected chi connectivity index (χ4v) is 3.71. The van der Waals surface area contributed by atoms with Gasteiger partial charge in [-0.2, -0.15) is 0 Å². The van der Waals surface area contributed by atoms with Crippen LogP contribution in [0.5, 0.6) is 0 Å². The summed E-state index contributed by atoms with van der Waals surface area (Å²) < 4.78 is 1.24. The number of hydrogen-bond donors (Lipinski definition) is 0. The van der Waals surface area contributed by atoms with Crippen LogP contribution in [0.3, 0.4) is 0 Å². The number of aryl methyl sites for hydroxylation is 1. The van der Waals surface area contributed by atoms with Gasteiger partial charge in [-0.15, -0.1) is 0 Å². The highest BCUT2D eigenvalue weighted by Crippen LogP contribution is 2.45. The van der Waals surface area contributed by atoms with Crippen molar-refractivity contribution in [3.8, 4) is 0 Å². The average molecular weight is 294 g/mol. The molecule has 17 heavy (non-hydrogen) atoms. The fourth-order valence-electron chi connectivity index (χ4n) is 3.34. The van der Waals surface area contributed by atoms with Gasteiger partial charge in [-0.1, -0.05) is 41.3 Å². The Morgan fingerprint density at radius 1 is 1.12 bits per heavy atom. The molecule has 1 saturated heterocycles. The van der Waals surface area contributed by atoms with E-state index in [1.165, 1.54) is 60.9 Å². The standard InChI is InChI=1S/C15H20BrN/c1-12-5-6-13(9-14(12)16)17-10-15(11-17)7-3-2-4-8-15/h5-6,9H,2-4,7-8,10-11H2,1H3. The molecule has 1 aliphatic heterocycles. The highest BCUT2D eigenvalue weighted by Gasteiger charge is 2.43. The van der Waals surface area contributed by atoms with Crippen molar-refractivity contribution in [1.29, 1.82) is 0 Å². The van der Waals surface area contributed by atoms with Crippen molar-refractivity contribution in [2.45, 2.75) is 39.0 Å². The van der Waals surface area contributed by atoms with Crippen molar-refractivity contribution < 1.29 is 0 Å². The van der Waals surface area contributed by atoms with E-state index in [1.807, 2.05) is 0 Å². The van der Waals surface area contributed by atoms with Gasteiger partial charge in [0, 0.05) is 28.7 Å². The molecule has 0 atom stereocenters. The number of hydrogen-bond acceptors (Lipinski definition) is 1. The van der Waals surface area contributed by atoms with Crippen LogP contribution in [0, 0.1) is 12.3 Å². The second kappa shape index (κ2) is 4.31. The zero-order valence-corrected chi connectivity index (χ0v) is 12.1. The molecule has 1 aromatic carbocycles. The maximum absolute atomic E-state index is 3.63. The molecule has 3 rings (SSSR count). The van der Waals surface area contributed by atoms with Gasteiger partial charge in [0.1, 0.15) is 0 Å². The van der Waals surface area contributed by atoms with Gasteiger partial charge in [-0.05, 0) is 37.5 Å². The first-order valence-corrected chi connectivity index (χ1v) is 7.49. The summed E-state index contributed by atoms with van der Waals surface area (Å²) in [6.45, 7) is 4.71. The van der Waals surface area contributed by atoms with Gasteiger partial charge in [0.15, 0.2) is 0 Å². The maximum atomic E-state index is 3.63. The van der Waals surface area contributed by atoms with E-state index in [-0.39, 0.29) is 0 Å². The predicted molar refractivity (Wildman–Crippen MR) is 76.6 cm³/mol. The van der Waals surface area contributed by atoms with Gasteiger partial charge >= 0.3 is 0 Å². The summed E-state index contributed by atoms with van der Waals surface area (Å²) in [5.74, 6) is 0. The molecule has 1 spiro atoms. The van der Waals surface area contributed by atoms with Crippen LogP contribution in [0.2, 0.25) is 0 Å². The van der Waals surface area contributed by atoms with E-state index in [2.05, 4.69) is 46.0 Å². The van der Waals surface area contributed by atoms with E-state index in [1.54, 1.807) is 0 Å².